The molecule has 0 saturated heterocycles. The first-order valence-electron chi connectivity index (χ1n) is 6.20. The second kappa shape index (κ2) is 8.19. The molecule has 0 heterocycles. The van der Waals surface area contributed by atoms with Crippen LogP contribution in [0.4, 0.5) is 5.69 Å². The Balaban J connectivity index is 2.65. The maximum absolute atomic E-state index is 12.1. The third-order valence-corrected chi connectivity index (χ3v) is 5.35. The molecule has 1 rings (SSSR count). The molecule has 5 nitrogen and oxygen atoms in total. The Morgan fingerprint density at radius 2 is 2.10 bits per heavy atom. The number of halogens is 2. The summed E-state index contributed by atoms with van der Waals surface area (Å²) in [6.45, 7) is 3.22. The highest BCUT2D eigenvalue weighted by molar-refractivity contribution is 9.10. The van der Waals surface area contributed by atoms with Crippen LogP contribution in [-0.2, 0) is 14.8 Å². The van der Waals surface area contributed by atoms with Crippen LogP contribution < -0.4 is 10.5 Å². The van der Waals surface area contributed by atoms with Crippen molar-refractivity contribution in [1.82, 2.24) is 4.72 Å². The lowest BCUT2D eigenvalue weighted by molar-refractivity contribution is 0.136. The number of ether oxygens (including phenoxy) is 1. The fourth-order valence-corrected chi connectivity index (χ4v) is 3.76. The van der Waals surface area contributed by atoms with Crippen LogP contribution in [0.2, 0.25) is 5.02 Å². The quantitative estimate of drug-likeness (QED) is 0.532. The van der Waals surface area contributed by atoms with Gasteiger partial charge in [-0.3, -0.25) is 0 Å². The number of nitrogens with one attached hydrogen (secondary N) is 1. The average molecular weight is 386 g/mol. The summed E-state index contributed by atoms with van der Waals surface area (Å²) in [4.78, 5) is 0.0241. The lowest BCUT2D eigenvalue weighted by Gasteiger charge is -2.11. The van der Waals surface area contributed by atoms with Crippen molar-refractivity contribution >= 4 is 43.2 Å². The molecule has 0 spiro atoms. The molecule has 1 aromatic carbocycles. The minimum atomic E-state index is -3.67. The fraction of sp³-hybridized carbons (Fsp3) is 0.500. The molecule has 0 amide bonds. The third-order valence-electron chi connectivity index (χ3n) is 2.50. The highest BCUT2D eigenvalue weighted by Gasteiger charge is 2.19. The lowest BCUT2D eigenvalue weighted by Crippen LogP contribution is -2.28. The molecule has 0 atom stereocenters. The molecule has 0 radical (unpaired) electrons. The topological polar surface area (TPSA) is 81.4 Å². The van der Waals surface area contributed by atoms with Crippen LogP contribution in [0.5, 0.6) is 0 Å². The molecule has 8 heteroatoms. The van der Waals surface area contributed by atoms with E-state index in [1.807, 2.05) is 0 Å². The maximum atomic E-state index is 12.1. The lowest BCUT2D eigenvalue weighted by atomic mass is 10.3. The molecule has 20 heavy (non-hydrogen) atoms. The van der Waals surface area contributed by atoms with E-state index in [1.165, 1.54) is 12.1 Å². The van der Waals surface area contributed by atoms with Crippen LogP contribution in [0.25, 0.3) is 0 Å². The molecular weight excluding hydrogens is 368 g/mol. The number of unbranched alkanes of at least 4 members (excludes halogenated alkanes) is 1. The second-order valence-electron chi connectivity index (χ2n) is 4.17. The smallest absolute Gasteiger partial charge is 0.241 e. The van der Waals surface area contributed by atoms with Gasteiger partial charge in [0.2, 0.25) is 10.0 Å². The zero-order chi connectivity index (χ0) is 15.2. The molecule has 0 bridgehead atoms. The Kier molecular flexibility index (Phi) is 7.25. The van der Waals surface area contributed by atoms with E-state index in [0.29, 0.717) is 17.7 Å². The third kappa shape index (κ3) is 5.21. The number of rotatable bonds is 8. The van der Waals surface area contributed by atoms with Crippen LogP contribution in [-0.4, -0.2) is 28.2 Å². The van der Waals surface area contributed by atoms with Gasteiger partial charge in [0.15, 0.2) is 0 Å². The number of hydrogen-bond acceptors (Lipinski definition) is 4. The van der Waals surface area contributed by atoms with E-state index < -0.39 is 10.0 Å². The molecule has 0 aliphatic heterocycles. The normalized spacial score (nSPS) is 11.8. The van der Waals surface area contributed by atoms with E-state index in [0.717, 1.165) is 12.8 Å². The minimum Gasteiger partial charge on any atom is -0.398 e. The van der Waals surface area contributed by atoms with Crippen LogP contribution in [0.1, 0.15) is 19.8 Å². The number of nitrogen functional groups attached to an aromatic ring is 1. The summed E-state index contributed by atoms with van der Waals surface area (Å²) in [6, 6.07) is 2.83. The SMILES string of the molecule is CCCCOCCNS(=O)(=O)c1cc(Cl)cc(N)c1Br. The summed E-state index contributed by atoms with van der Waals surface area (Å²) in [5.74, 6) is 0. The van der Waals surface area contributed by atoms with E-state index in [-0.39, 0.29) is 22.2 Å². The Bertz CT molecular complexity index is 552. The van der Waals surface area contributed by atoms with Crippen LogP contribution >= 0.6 is 27.5 Å². The van der Waals surface area contributed by atoms with E-state index in [1.54, 1.807) is 0 Å². The van der Waals surface area contributed by atoms with Gasteiger partial charge in [-0.15, -0.1) is 0 Å². The molecule has 1 aromatic rings. The summed E-state index contributed by atoms with van der Waals surface area (Å²) in [5, 5.41) is 0.269. The van der Waals surface area contributed by atoms with Crippen LogP contribution in [0, 0.1) is 0 Å². The van der Waals surface area contributed by atoms with Gasteiger partial charge in [-0.2, -0.15) is 0 Å². The Hall–Kier alpha value is -0.340. The van der Waals surface area contributed by atoms with Gasteiger partial charge < -0.3 is 10.5 Å². The number of nitrogens with two attached hydrogens (primary N) is 1. The zero-order valence-corrected chi connectivity index (χ0v) is 14.3. The molecule has 0 aliphatic rings. The summed E-state index contributed by atoms with van der Waals surface area (Å²) in [7, 11) is -3.67. The van der Waals surface area contributed by atoms with Gasteiger partial charge in [0, 0.05) is 23.9 Å². The van der Waals surface area contributed by atoms with E-state index in [4.69, 9.17) is 22.1 Å². The predicted octanol–water partition coefficient (Wildman–Crippen LogP) is 2.78. The van der Waals surface area contributed by atoms with Gasteiger partial charge in [0.1, 0.15) is 0 Å². The first-order chi connectivity index (χ1) is 9.38. The molecular formula is C12H18BrClN2O3S. The molecule has 0 aliphatic carbocycles. The van der Waals surface area contributed by atoms with Crippen molar-refractivity contribution in [3.63, 3.8) is 0 Å². The summed E-state index contributed by atoms with van der Waals surface area (Å²) in [5.41, 5.74) is 5.95. The van der Waals surface area contributed by atoms with Gasteiger partial charge in [-0.1, -0.05) is 24.9 Å². The first-order valence-corrected chi connectivity index (χ1v) is 8.86. The largest absolute Gasteiger partial charge is 0.398 e. The number of sulfonamides is 1. The standard InChI is InChI=1S/C12H18BrClN2O3S/c1-2-3-5-19-6-4-16-20(17,18)11-8-9(14)7-10(15)12(11)13/h7-8,16H,2-6,15H2,1H3. The number of benzene rings is 1. The molecule has 0 aromatic heterocycles. The van der Waals surface area contributed by atoms with Crippen molar-refractivity contribution in [2.45, 2.75) is 24.7 Å². The van der Waals surface area contributed by atoms with Crippen molar-refractivity contribution in [2.24, 2.45) is 0 Å². The number of anilines is 1. The van der Waals surface area contributed by atoms with Crippen molar-refractivity contribution < 1.29 is 13.2 Å². The summed E-state index contributed by atoms with van der Waals surface area (Å²) >= 11 is 8.99. The minimum absolute atomic E-state index is 0.0241. The van der Waals surface area contributed by atoms with Crippen LogP contribution in [0.15, 0.2) is 21.5 Å². The Morgan fingerprint density at radius 1 is 1.40 bits per heavy atom. The average Bonchev–Trinajstić information content (AvgIpc) is 2.37. The fourth-order valence-electron chi connectivity index (χ4n) is 1.45. The van der Waals surface area contributed by atoms with E-state index in [9.17, 15) is 8.42 Å². The highest BCUT2D eigenvalue weighted by Crippen LogP contribution is 2.31. The predicted molar refractivity (Wildman–Crippen MR) is 84.5 cm³/mol. The second-order valence-corrected chi connectivity index (χ2v) is 7.14. The zero-order valence-electron chi connectivity index (χ0n) is 11.2. The molecule has 0 saturated carbocycles. The number of hydrogen-bond donors (Lipinski definition) is 2. The monoisotopic (exact) mass is 384 g/mol. The van der Waals surface area contributed by atoms with Crippen molar-refractivity contribution in [2.75, 3.05) is 25.5 Å². The summed E-state index contributed by atoms with van der Waals surface area (Å²) < 4.78 is 32.3. The van der Waals surface area contributed by atoms with Crippen LogP contribution in [0.3, 0.4) is 0 Å². The van der Waals surface area contributed by atoms with Gasteiger partial charge in [-0.25, -0.2) is 13.1 Å². The Morgan fingerprint density at radius 3 is 2.75 bits per heavy atom. The molecule has 3 N–H and O–H groups in total. The van der Waals surface area contributed by atoms with Crippen molar-refractivity contribution in [3.8, 4) is 0 Å². The molecule has 114 valence electrons. The van der Waals surface area contributed by atoms with E-state index >= 15 is 0 Å². The van der Waals surface area contributed by atoms with Gasteiger partial charge >= 0.3 is 0 Å². The van der Waals surface area contributed by atoms with Crippen molar-refractivity contribution in [1.29, 1.82) is 0 Å². The van der Waals surface area contributed by atoms with Gasteiger partial charge in [0.25, 0.3) is 0 Å². The first kappa shape index (κ1) is 17.7. The molecule has 0 fully saturated rings. The highest BCUT2D eigenvalue weighted by atomic mass is 79.9. The molecule has 0 unspecified atom stereocenters. The van der Waals surface area contributed by atoms with E-state index in [2.05, 4.69) is 27.6 Å². The van der Waals surface area contributed by atoms with Crippen molar-refractivity contribution in [3.05, 3.63) is 21.6 Å². The van der Waals surface area contributed by atoms with Gasteiger partial charge in [0.05, 0.1) is 16.0 Å². The maximum Gasteiger partial charge on any atom is 0.241 e. The summed E-state index contributed by atoms with van der Waals surface area (Å²) in [6.07, 6.45) is 2.00. The van der Waals surface area contributed by atoms with Gasteiger partial charge in [-0.05, 0) is 34.5 Å². The Labute approximate surface area is 133 Å².